The van der Waals surface area contributed by atoms with Crippen molar-refractivity contribution in [3.05, 3.63) is 35.4 Å². The van der Waals surface area contributed by atoms with E-state index >= 15 is 0 Å². The topological polar surface area (TPSA) is 71.1 Å². The van der Waals surface area contributed by atoms with Crippen molar-refractivity contribution in [3.63, 3.8) is 0 Å². The Labute approximate surface area is 135 Å². The number of carbonyl (C=O) groups excluding carboxylic acids is 2. The van der Waals surface area contributed by atoms with Gasteiger partial charge in [-0.05, 0) is 49.3 Å². The summed E-state index contributed by atoms with van der Waals surface area (Å²) in [7, 11) is 0. The predicted molar refractivity (Wildman–Crippen MR) is 81.5 cm³/mol. The Hall–Kier alpha value is -2.08. The summed E-state index contributed by atoms with van der Waals surface area (Å²) in [6.45, 7) is 4.12. The zero-order valence-corrected chi connectivity index (χ0v) is 13.4. The molecule has 0 spiro atoms. The molecule has 0 radical (unpaired) electrons. The first-order valence-electron chi connectivity index (χ1n) is 7.92. The lowest BCUT2D eigenvalue weighted by Gasteiger charge is -2.20. The van der Waals surface area contributed by atoms with Crippen molar-refractivity contribution in [1.82, 2.24) is 0 Å². The second-order valence-corrected chi connectivity index (χ2v) is 5.93. The van der Waals surface area contributed by atoms with Crippen LogP contribution in [0.1, 0.15) is 67.8 Å². The van der Waals surface area contributed by atoms with Crippen LogP contribution in [0.25, 0.3) is 0 Å². The van der Waals surface area contributed by atoms with Crippen molar-refractivity contribution < 1.29 is 29.1 Å². The smallest absolute Gasteiger partial charge is 0.429 e. The van der Waals surface area contributed by atoms with Crippen LogP contribution in [-0.2, 0) is 19.6 Å². The molecule has 0 aliphatic heterocycles. The highest BCUT2D eigenvalue weighted by atomic mass is 17.5. The Balaban J connectivity index is 1.70. The molecule has 126 valence electrons. The van der Waals surface area contributed by atoms with Gasteiger partial charge in [0.15, 0.2) is 0 Å². The standard InChI is InChI=1S/C17H22O6/c1-12(2)13-8-10-14(11-9-13)16(18)21-23-22-17(19)20-15-6-4-3-5-7-15/h8-12,15H,3-7H2,1-2H3. The zero-order chi connectivity index (χ0) is 16.7. The normalized spacial score (nSPS) is 15.3. The first kappa shape index (κ1) is 17.3. The van der Waals surface area contributed by atoms with Crippen LogP contribution < -0.4 is 0 Å². The quantitative estimate of drug-likeness (QED) is 0.457. The lowest BCUT2D eigenvalue weighted by Crippen LogP contribution is -2.22. The average Bonchev–Trinajstić information content (AvgIpc) is 2.55. The number of carbonyl (C=O) groups is 2. The summed E-state index contributed by atoms with van der Waals surface area (Å²) in [6.07, 6.45) is 3.69. The van der Waals surface area contributed by atoms with Crippen LogP contribution in [0.5, 0.6) is 0 Å². The third kappa shape index (κ3) is 5.56. The molecule has 1 fully saturated rings. The molecule has 2 rings (SSSR count). The number of hydrogen-bond acceptors (Lipinski definition) is 6. The van der Waals surface area contributed by atoms with E-state index in [9.17, 15) is 9.59 Å². The van der Waals surface area contributed by atoms with Crippen molar-refractivity contribution in [2.24, 2.45) is 0 Å². The van der Waals surface area contributed by atoms with Gasteiger partial charge in [-0.2, -0.15) is 0 Å². The second-order valence-electron chi connectivity index (χ2n) is 5.93. The van der Waals surface area contributed by atoms with E-state index in [-0.39, 0.29) is 6.10 Å². The van der Waals surface area contributed by atoms with Crippen LogP contribution in [0.15, 0.2) is 24.3 Å². The third-order valence-corrected chi connectivity index (χ3v) is 3.84. The highest BCUT2D eigenvalue weighted by Gasteiger charge is 2.20. The number of benzene rings is 1. The Morgan fingerprint density at radius 2 is 1.65 bits per heavy atom. The summed E-state index contributed by atoms with van der Waals surface area (Å²) in [5, 5.41) is 4.21. The molecule has 0 aromatic heterocycles. The molecule has 1 aliphatic carbocycles. The Morgan fingerprint density at radius 1 is 1.00 bits per heavy atom. The van der Waals surface area contributed by atoms with Gasteiger partial charge in [-0.25, -0.2) is 14.5 Å². The summed E-state index contributed by atoms with van der Waals surface area (Å²) in [6, 6.07) is 6.92. The molecule has 1 aliphatic rings. The average molecular weight is 322 g/mol. The van der Waals surface area contributed by atoms with E-state index in [4.69, 9.17) is 4.74 Å². The van der Waals surface area contributed by atoms with Crippen LogP contribution in [0, 0.1) is 0 Å². The minimum absolute atomic E-state index is 0.154. The number of rotatable bonds is 5. The van der Waals surface area contributed by atoms with Crippen LogP contribution in [-0.4, -0.2) is 18.2 Å². The molecule has 1 aromatic rings. The van der Waals surface area contributed by atoms with Gasteiger partial charge in [0.1, 0.15) is 6.10 Å². The molecule has 23 heavy (non-hydrogen) atoms. The van der Waals surface area contributed by atoms with Gasteiger partial charge < -0.3 is 4.74 Å². The predicted octanol–water partition coefficient (Wildman–Crippen LogP) is 4.30. The van der Waals surface area contributed by atoms with Crippen LogP contribution in [0.2, 0.25) is 0 Å². The Kier molecular flexibility index (Phi) is 6.40. The highest BCUT2D eigenvalue weighted by molar-refractivity contribution is 5.88. The monoisotopic (exact) mass is 322 g/mol. The summed E-state index contributed by atoms with van der Waals surface area (Å²) in [5.74, 6) is -0.375. The van der Waals surface area contributed by atoms with Crippen LogP contribution >= 0.6 is 0 Å². The molecule has 0 unspecified atom stereocenters. The van der Waals surface area contributed by atoms with Crippen LogP contribution in [0.3, 0.4) is 0 Å². The van der Waals surface area contributed by atoms with Gasteiger partial charge in [0.25, 0.3) is 0 Å². The third-order valence-electron chi connectivity index (χ3n) is 3.84. The van der Waals surface area contributed by atoms with Crippen molar-refractivity contribution >= 4 is 12.1 Å². The van der Waals surface area contributed by atoms with Gasteiger partial charge in [0.05, 0.1) is 10.6 Å². The highest BCUT2D eigenvalue weighted by Crippen LogP contribution is 2.20. The first-order chi connectivity index (χ1) is 11.1. The Bertz CT molecular complexity index is 516. The molecule has 0 bridgehead atoms. The van der Waals surface area contributed by atoms with Crippen molar-refractivity contribution in [2.75, 3.05) is 0 Å². The maximum atomic E-state index is 11.7. The van der Waals surface area contributed by atoms with Gasteiger partial charge in [0.2, 0.25) is 0 Å². The largest absolute Gasteiger partial charge is 0.543 e. The van der Waals surface area contributed by atoms with E-state index < -0.39 is 12.1 Å². The van der Waals surface area contributed by atoms with Crippen molar-refractivity contribution in [1.29, 1.82) is 0 Å². The van der Waals surface area contributed by atoms with E-state index in [1.165, 1.54) is 0 Å². The minimum Gasteiger partial charge on any atom is -0.429 e. The molecule has 0 heterocycles. The van der Waals surface area contributed by atoms with E-state index in [0.717, 1.165) is 37.7 Å². The SMILES string of the molecule is CC(C)c1ccc(C(=O)OOOC(=O)OC2CCCCC2)cc1. The zero-order valence-electron chi connectivity index (χ0n) is 13.4. The summed E-state index contributed by atoms with van der Waals surface area (Å²) >= 11 is 0. The summed E-state index contributed by atoms with van der Waals surface area (Å²) < 4.78 is 5.04. The fraction of sp³-hybridized carbons (Fsp3) is 0.529. The van der Waals surface area contributed by atoms with Crippen molar-refractivity contribution in [3.8, 4) is 0 Å². The number of hydrogen-bond donors (Lipinski definition) is 0. The fourth-order valence-corrected chi connectivity index (χ4v) is 2.47. The summed E-state index contributed by atoms with van der Waals surface area (Å²) in [4.78, 5) is 31.8. The van der Waals surface area contributed by atoms with Gasteiger partial charge in [-0.1, -0.05) is 32.4 Å². The second kappa shape index (κ2) is 8.53. The van der Waals surface area contributed by atoms with Crippen molar-refractivity contribution in [2.45, 2.75) is 58.0 Å². The maximum Gasteiger partial charge on any atom is 0.543 e. The molecule has 1 saturated carbocycles. The molecule has 1 aromatic carbocycles. The van der Waals surface area contributed by atoms with E-state index in [2.05, 4.69) is 28.7 Å². The molecule has 0 amide bonds. The lowest BCUT2D eigenvalue weighted by atomic mass is 9.98. The van der Waals surface area contributed by atoms with E-state index in [1.807, 2.05) is 12.1 Å². The maximum absolute atomic E-state index is 11.7. The molecule has 0 N–H and O–H groups in total. The molecule has 6 nitrogen and oxygen atoms in total. The first-order valence-corrected chi connectivity index (χ1v) is 7.92. The van der Waals surface area contributed by atoms with E-state index in [0.29, 0.717) is 11.5 Å². The molecular formula is C17H22O6. The molecular weight excluding hydrogens is 300 g/mol. The minimum atomic E-state index is -1.00. The lowest BCUT2D eigenvalue weighted by molar-refractivity contribution is -0.453. The summed E-state index contributed by atoms with van der Waals surface area (Å²) in [5.41, 5.74) is 1.41. The van der Waals surface area contributed by atoms with Gasteiger partial charge in [-0.15, -0.1) is 0 Å². The van der Waals surface area contributed by atoms with Crippen LogP contribution in [0.4, 0.5) is 4.79 Å². The van der Waals surface area contributed by atoms with Gasteiger partial charge >= 0.3 is 12.1 Å². The fourth-order valence-electron chi connectivity index (χ4n) is 2.47. The molecule has 0 saturated heterocycles. The van der Waals surface area contributed by atoms with Gasteiger partial charge in [-0.3, -0.25) is 4.89 Å². The Morgan fingerprint density at radius 3 is 2.26 bits per heavy atom. The van der Waals surface area contributed by atoms with Gasteiger partial charge in [0, 0.05) is 0 Å². The van der Waals surface area contributed by atoms with E-state index in [1.54, 1.807) is 12.1 Å². The molecule has 0 atom stereocenters. The molecule has 6 heteroatoms. The number of ether oxygens (including phenoxy) is 1.